The highest BCUT2D eigenvalue weighted by Crippen LogP contribution is 2.70. The van der Waals surface area contributed by atoms with Crippen LogP contribution in [-0.2, 0) is 20.7 Å². The van der Waals surface area contributed by atoms with E-state index in [1.165, 1.54) is 24.8 Å². The zero-order valence-corrected chi connectivity index (χ0v) is 19.5. The van der Waals surface area contributed by atoms with Crippen molar-refractivity contribution in [2.75, 3.05) is 19.6 Å². The summed E-state index contributed by atoms with van der Waals surface area (Å²) < 4.78 is 12.6. The van der Waals surface area contributed by atoms with Gasteiger partial charge in [-0.25, -0.2) is 0 Å². The maximum atomic E-state index is 13.0. The molecular weight excluding hydrogens is 402 g/mol. The molecule has 5 fully saturated rings. The Labute approximate surface area is 191 Å². The Bertz CT molecular complexity index is 881. The topological polar surface area (TPSA) is 62.3 Å². The molecule has 1 aromatic carbocycles. The number of hydrogen-bond donors (Lipinski definition) is 1. The number of benzene rings is 1. The third kappa shape index (κ3) is 3.11. The van der Waals surface area contributed by atoms with Crippen molar-refractivity contribution < 1.29 is 19.4 Å². The molecule has 174 valence electrons. The molecule has 0 bridgehead atoms. The Balaban J connectivity index is 1.12. The SMILES string of the molecule is C[C@H]1CCC[C@]2(C)C[C@H]3OC(=O)[C@H](CN4CCC(O)(Cc5ccccc5)CC4)[C@H]3[C@H]3O[C@@]312. The number of carbonyl (C=O) groups excluding carboxylic acids is 1. The van der Waals surface area contributed by atoms with E-state index in [4.69, 9.17) is 9.47 Å². The van der Waals surface area contributed by atoms with Gasteiger partial charge in [-0.2, -0.15) is 0 Å². The van der Waals surface area contributed by atoms with E-state index in [1.54, 1.807) is 0 Å². The van der Waals surface area contributed by atoms with Crippen LogP contribution in [0.25, 0.3) is 0 Å². The first-order valence-electron chi connectivity index (χ1n) is 12.7. The molecule has 3 aliphatic heterocycles. The van der Waals surface area contributed by atoms with Gasteiger partial charge in [-0.05, 0) is 43.6 Å². The minimum Gasteiger partial charge on any atom is -0.462 e. The average molecular weight is 440 g/mol. The fourth-order valence-corrected chi connectivity index (χ4v) is 8.03. The predicted molar refractivity (Wildman–Crippen MR) is 121 cm³/mol. The van der Waals surface area contributed by atoms with Crippen molar-refractivity contribution in [3.05, 3.63) is 35.9 Å². The quantitative estimate of drug-likeness (QED) is 0.574. The van der Waals surface area contributed by atoms with Crippen molar-refractivity contribution in [3.8, 4) is 0 Å². The van der Waals surface area contributed by atoms with Crippen molar-refractivity contribution >= 4 is 5.97 Å². The fraction of sp³-hybridized carbons (Fsp3) is 0.741. The van der Waals surface area contributed by atoms with E-state index in [9.17, 15) is 9.90 Å². The summed E-state index contributed by atoms with van der Waals surface area (Å²) in [6, 6.07) is 10.3. The van der Waals surface area contributed by atoms with Crippen LogP contribution >= 0.6 is 0 Å². The van der Waals surface area contributed by atoms with Crippen LogP contribution in [0.5, 0.6) is 0 Å². The molecule has 6 rings (SSSR count). The van der Waals surface area contributed by atoms with Crippen LogP contribution in [0.1, 0.15) is 57.9 Å². The number of hydrogen-bond acceptors (Lipinski definition) is 5. The Morgan fingerprint density at radius 3 is 2.66 bits per heavy atom. The highest BCUT2D eigenvalue weighted by Gasteiger charge is 2.78. The number of likely N-dealkylation sites (tertiary alicyclic amines) is 1. The molecule has 0 aromatic heterocycles. The van der Waals surface area contributed by atoms with Gasteiger partial charge in [0.05, 0.1) is 17.6 Å². The smallest absolute Gasteiger partial charge is 0.311 e. The third-order valence-corrected chi connectivity index (χ3v) is 9.81. The Morgan fingerprint density at radius 1 is 1.16 bits per heavy atom. The van der Waals surface area contributed by atoms with Crippen molar-refractivity contribution in [2.24, 2.45) is 23.2 Å². The first-order chi connectivity index (χ1) is 15.3. The van der Waals surface area contributed by atoms with E-state index in [2.05, 4.69) is 30.9 Å². The standard InChI is InChI=1S/C27H37NO4/c1-18-7-6-10-25(2)16-21-22(23-27(18,25)32-23)20(24(29)31-21)17-28-13-11-26(30,12-14-28)15-19-8-4-3-5-9-19/h3-5,8-9,18,20-23,30H,6-7,10-17H2,1-2H3/t18-,20+,21+,22+,23+,25+,27+/m0/s1. The van der Waals surface area contributed by atoms with E-state index in [-0.39, 0.29) is 41.0 Å². The second-order valence-corrected chi connectivity index (χ2v) is 11.7. The van der Waals surface area contributed by atoms with Crippen LogP contribution in [-0.4, -0.2) is 59.0 Å². The van der Waals surface area contributed by atoms with Crippen molar-refractivity contribution in [2.45, 2.75) is 82.2 Å². The van der Waals surface area contributed by atoms with E-state index in [0.717, 1.165) is 38.9 Å². The molecule has 32 heavy (non-hydrogen) atoms. The number of ether oxygens (including phenoxy) is 2. The Morgan fingerprint density at radius 2 is 1.91 bits per heavy atom. The minimum atomic E-state index is -0.648. The maximum Gasteiger partial charge on any atom is 0.311 e. The van der Waals surface area contributed by atoms with Crippen LogP contribution in [0.4, 0.5) is 0 Å². The molecule has 5 aliphatic rings. The number of rotatable bonds is 4. The molecule has 1 spiro atoms. The van der Waals surface area contributed by atoms with Gasteiger partial charge in [-0.15, -0.1) is 0 Å². The van der Waals surface area contributed by atoms with Gasteiger partial charge in [0, 0.05) is 37.4 Å². The van der Waals surface area contributed by atoms with E-state index in [0.29, 0.717) is 12.3 Å². The van der Waals surface area contributed by atoms with Crippen LogP contribution < -0.4 is 0 Å². The largest absolute Gasteiger partial charge is 0.462 e. The van der Waals surface area contributed by atoms with Gasteiger partial charge in [-0.3, -0.25) is 4.79 Å². The Hall–Kier alpha value is -1.43. The summed E-state index contributed by atoms with van der Waals surface area (Å²) >= 11 is 0. The lowest BCUT2D eigenvalue weighted by atomic mass is 9.53. The second-order valence-electron chi connectivity index (χ2n) is 11.7. The van der Waals surface area contributed by atoms with Gasteiger partial charge in [0.2, 0.25) is 0 Å². The molecule has 5 nitrogen and oxygen atoms in total. The van der Waals surface area contributed by atoms with E-state index >= 15 is 0 Å². The monoisotopic (exact) mass is 439 g/mol. The molecule has 5 heteroatoms. The molecule has 0 amide bonds. The molecule has 3 saturated heterocycles. The summed E-state index contributed by atoms with van der Waals surface area (Å²) in [5.74, 6) is 0.641. The summed E-state index contributed by atoms with van der Waals surface area (Å²) in [5.41, 5.74) is 0.653. The molecule has 1 N–H and O–H groups in total. The molecule has 0 unspecified atom stereocenters. The van der Waals surface area contributed by atoms with Crippen LogP contribution in [0.2, 0.25) is 0 Å². The van der Waals surface area contributed by atoms with Gasteiger partial charge in [0.15, 0.2) is 0 Å². The van der Waals surface area contributed by atoms with Crippen LogP contribution in [0.3, 0.4) is 0 Å². The van der Waals surface area contributed by atoms with Crippen molar-refractivity contribution in [3.63, 3.8) is 0 Å². The molecule has 0 radical (unpaired) electrons. The van der Waals surface area contributed by atoms with Gasteiger partial charge in [-0.1, -0.05) is 50.6 Å². The van der Waals surface area contributed by atoms with Crippen molar-refractivity contribution in [1.82, 2.24) is 4.90 Å². The first-order valence-corrected chi connectivity index (χ1v) is 12.7. The van der Waals surface area contributed by atoms with Crippen LogP contribution in [0, 0.1) is 23.2 Å². The van der Waals surface area contributed by atoms with E-state index in [1.807, 2.05) is 18.2 Å². The lowest BCUT2D eigenvalue weighted by Crippen LogP contribution is -2.55. The van der Waals surface area contributed by atoms with Gasteiger partial charge < -0.3 is 19.5 Å². The van der Waals surface area contributed by atoms with Crippen LogP contribution in [0.15, 0.2) is 30.3 Å². The number of esters is 1. The van der Waals surface area contributed by atoms with Crippen molar-refractivity contribution in [1.29, 1.82) is 0 Å². The summed E-state index contributed by atoms with van der Waals surface area (Å²) in [6.45, 7) is 7.12. The first kappa shape index (κ1) is 21.1. The lowest BCUT2D eigenvalue weighted by molar-refractivity contribution is -0.146. The summed E-state index contributed by atoms with van der Waals surface area (Å²) in [4.78, 5) is 15.4. The maximum absolute atomic E-state index is 13.0. The molecular formula is C27H37NO4. The third-order valence-electron chi connectivity index (χ3n) is 9.81. The number of carbonyl (C=O) groups is 1. The van der Waals surface area contributed by atoms with Gasteiger partial charge in [0.25, 0.3) is 0 Å². The number of nitrogens with zero attached hydrogens (tertiary/aromatic N) is 1. The zero-order chi connectivity index (χ0) is 22.1. The zero-order valence-electron chi connectivity index (χ0n) is 19.5. The number of fused-ring (bicyclic) bond motifs is 2. The molecule has 7 atom stereocenters. The molecule has 2 saturated carbocycles. The second kappa shape index (κ2) is 7.28. The fourth-order valence-electron chi connectivity index (χ4n) is 8.03. The Kier molecular flexibility index (Phi) is 4.81. The number of epoxide rings is 1. The highest BCUT2D eigenvalue weighted by molar-refractivity contribution is 5.76. The predicted octanol–water partition coefficient (Wildman–Crippen LogP) is 3.58. The molecule has 2 aliphatic carbocycles. The van der Waals surface area contributed by atoms with Gasteiger partial charge in [0.1, 0.15) is 11.7 Å². The number of aliphatic hydroxyl groups is 1. The number of piperidine rings is 1. The molecule has 1 aromatic rings. The summed E-state index contributed by atoms with van der Waals surface area (Å²) in [7, 11) is 0. The lowest BCUT2D eigenvalue weighted by Gasteiger charge is -2.49. The summed E-state index contributed by atoms with van der Waals surface area (Å²) in [6.07, 6.45) is 7.02. The average Bonchev–Trinajstić information content (AvgIpc) is 3.45. The van der Waals surface area contributed by atoms with E-state index < -0.39 is 5.60 Å². The summed E-state index contributed by atoms with van der Waals surface area (Å²) in [5, 5.41) is 11.1. The minimum absolute atomic E-state index is 0.0169. The normalized spacial score (nSPS) is 44.8. The highest BCUT2D eigenvalue weighted by atomic mass is 16.6. The van der Waals surface area contributed by atoms with Gasteiger partial charge >= 0.3 is 5.97 Å². The molecule has 3 heterocycles.